The van der Waals surface area contributed by atoms with Gasteiger partial charge in [0, 0.05) is 30.5 Å². The van der Waals surface area contributed by atoms with Crippen molar-refractivity contribution in [3.05, 3.63) is 65.2 Å². The van der Waals surface area contributed by atoms with Crippen molar-refractivity contribution in [3.8, 4) is 0 Å². The van der Waals surface area contributed by atoms with Crippen molar-refractivity contribution < 1.29 is 18.5 Å². The van der Waals surface area contributed by atoms with Crippen LogP contribution in [0.15, 0.2) is 47.0 Å². The van der Waals surface area contributed by atoms with Crippen LogP contribution in [0.1, 0.15) is 45.2 Å². The minimum atomic E-state index is -0.319. The topological polar surface area (TPSA) is 66.7 Å². The van der Waals surface area contributed by atoms with E-state index in [9.17, 15) is 14.0 Å². The monoisotopic (exact) mass is 429 g/mol. The Labute approximate surface area is 179 Å². The first-order valence-electron chi connectivity index (χ1n) is 9.84. The summed E-state index contributed by atoms with van der Waals surface area (Å²) >= 11 is 0. The lowest BCUT2D eigenvalue weighted by atomic mass is 9.92. The number of fused-ring (bicyclic) bond motifs is 2. The number of hydrogen-bond donors (Lipinski definition) is 0. The third-order valence-corrected chi connectivity index (χ3v) is 5.94. The van der Waals surface area contributed by atoms with Crippen molar-refractivity contribution in [3.63, 3.8) is 0 Å². The molecule has 0 spiro atoms. The zero-order chi connectivity index (χ0) is 20.0. The number of benzene rings is 2. The number of aromatic nitrogens is 1. The van der Waals surface area contributed by atoms with Crippen LogP contribution in [0.3, 0.4) is 0 Å². The highest BCUT2D eigenvalue weighted by molar-refractivity contribution is 6.21. The molecular formula is C22H21ClFN3O3. The van der Waals surface area contributed by atoms with Gasteiger partial charge in [-0.15, -0.1) is 12.4 Å². The molecule has 5 rings (SSSR count). The van der Waals surface area contributed by atoms with Crippen molar-refractivity contribution >= 4 is 35.1 Å². The van der Waals surface area contributed by atoms with Gasteiger partial charge in [-0.2, -0.15) is 0 Å². The molecule has 6 nitrogen and oxygen atoms in total. The molecule has 0 bridgehead atoms. The summed E-state index contributed by atoms with van der Waals surface area (Å²) in [6.07, 6.45) is 1.79. The molecule has 0 N–H and O–H groups in total. The summed E-state index contributed by atoms with van der Waals surface area (Å²) in [5, 5.41) is 4.86. The van der Waals surface area contributed by atoms with E-state index in [1.54, 1.807) is 30.3 Å². The van der Waals surface area contributed by atoms with Gasteiger partial charge in [0.15, 0.2) is 0 Å². The van der Waals surface area contributed by atoms with E-state index in [0.717, 1.165) is 37.1 Å². The lowest BCUT2D eigenvalue weighted by molar-refractivity contribution is 0.0629. The van der Waals surface area contributed by atoms with Crippen molar-refractivity contribution in [2.24, 2.45) is 0 Å². The highest BCUT2D eigenvalue weighted by Gasteiger charge is 2.35. The van der Waals surface area contributed by atoms with Gasteiger partial charge in [-0.05, 0) is 50.2 Å². The number of hydrogen-bond acceptors (Lipinski definition) is 5. The molecule has 2 aliphatic heterocycles. The van der Waals surface area contributed by atoms with Gasteiger partial charge in [0.25, 0.3) is 11.8 Å². The molecule has 30 heavy (non-hydrogen) atoms. The van der Waals surface area contributed by atoms with Gasteiger partial charge in [-0.25, -0.2) is 4.39 Å². The molecule has 0 radical (unpaired) electrons. The Morgan fingerprint density at radius 3 is 2.33 bits per heavy atom. The number of rotatable bonds is 4. The molecule has 1 aromatic heterocycles. The van der Waals surface area contributed by atoms with Crippen LogP contribution < -0.4 is 0 Å². The molecule has 0 atom stereocenters. The number of imide groups is 1. The largest absolute Gasteiger partial charge is 0.360 e. The van der Waals surface area contributed by atoms with Gasteiger partial charge in [0.05, 0.1) is 11.1 Å². The summed E-state index contributed by atoms with van der Waals surface area (Å²) in [5.41, 5.74) is 1.53. The van der Waals surface area contributed by atoms with E-state index in [1.165, 1.54) is 17.0 Å². The van der Waals surface area contributed by atoms with E-state index in [2.05, 4.69) is 10.1 Å². The molecule has 2 aliphatic rings. The number of likely N-dealkylation sites (tertiary alicyclic amines) is 1. The number of nitrogens with zero attached hydrogens (tertiary/aromatic N) is 3. The minimum Gasteiger partial charge on any atom is -0.360 e. The van der Waals surface area contributed by atoms with Crippen LogP contribution in [0.2, 0.25) is 0 Å². The highest BCUT2D eigenvalue weighted by atomic mass is 35.5. The summed E-state index contributed by atoms with van der Waals surface area (Å²) in [5.74, 6) is 0.322. The van der Waals surface area contributed by atoms with Crippen molar-refractivity contribution in [2.45, 2.75) is 18.8 Å². The number of piperidine rings is 1. The molecule has 8 heteroatoms. The summed E-state index contributed by atoms with van der Waals surface area (Å²) in [4.78, 5) is 28.6. The molecule has 3 heterocycles. The summed E-state index contributed by atoms with van der Waals surface area (Å²) in [6.45, 7) is 2.73. The van der Waals surface area contributed by atoms with E-state index >= 15 is 0 Å². The van der Waals surface area contributed by atoms with Gasteiger partial charge in [0.1, 0.15) is 17.1 Å². The second-order valence-corrected chi connectivity index (χ2v) is 7.63. The molecule has 156 valence electrons. The van der Waals surface area contributed by atoms with Gasteiger partial charge in [-0.1, -0.05) is 17.3 Å². The summed E-state index contributed by atoms with van der Waals surface area (Å²) in [7, 11) is 0. The number of carbonyl (C=O) groups is 2. The van der Waals surface area contributed by atoms with Crippen molar-refractivity contribution in [1.82, 2.24) is 15.0 Å². The van der Waals surface area contributed by atoms with E-state index in [0.29, 0.717) is 29.7 Å². The van der Waals surface area contributed by atoms with Crippen LogP contribution in [-0.4, -0.2) is 52.9 Å². The number of halogens is 2. The summed E-state index contributed by atoms with van der Waals surface area (Å²) < 4.78 is 18.9. The quantitative estimate of drug-likeness (QED) is 0.589. The van der Waals surface area contributed by atoms with Gasteiger partial charge in [0.2, 0.25) is 0 Å². The van der Waals surface area contributed by atoms with E-state index in [4.69, 9.17) is 4.52 Å². The maximum absolute atomic E-state index is 13.4. The van der Waals surface area contributed by atoms with Crippen LogP contribution in [-0.2, 0) is 0 Å². The molecule has 0 unspecified atom stereocenters. The third-order valence-electron chi connectivity index (χ3n) is 5.94. The second-order valence-electron chi connectivity index (χ2n) is 7.63. The summed E-state index contributed by atoms with van der Waals surface area (Å²) in [6, 6.07) is 11.5. The standard InChI is InChI=1S/C22H20FN3O3.ClH/c23-15-5-6-18-19(13-15)24-29-20(18)14-7-9-25(10-8-14)11-12-26-21(27)16-3-1-2-4-17(16)22(26)28;/h1-6,13-14H,7-12H2;1H. The average Bonchev–Trinajstić information content (AvgIpc) is 3.26. The molecule has 2 aromatic carbocycles. The van der Waals surface area contributed by atoms with E-state index in [1.807, 2.05) is 0 Å². The SMILES string of the molecule is Cl.O=C1c2ccccc2C(=O)N1CCN1CCC(c2onc3cc(F)ccc23)CC1. The third kappa shape index (κ3) is 3.48. The molecule has 0 saturated carbocycles. The lowest BCUT2D eigenvalue weighted by Crippen LogP contribution is -2.41. The van der Waals surface area contributed by atoms with Crippen molar-refractivity contribution in [1.29, 1.82) is 0 Å². The first kappa shape index (κ1) is 20.5. The first-order valence-corrected chi connectivity index (χ1v) is 9.84. The molecule has 2 amide bonds. The maximum Gasteiger partial charge on any atom is 0.261 e. The zero-order valence-corrected chi connectivity index (χ0v) is 17.0. The Bertz CT molecular complexity index is 1070. The Hall–Kier alpha value is -2.77. The Balaban J connectivity index is 0.00000218. The number of amides is 2. The molecule has 0 aliphatic carbocycles. The number of carbonyl (C=O) groups excluding carboxylic acids is 2. The molecule has 1 saturated heterocycles. The lowest BCUT2D eigenvalue weighted by Gasteiger charge is -2.31. The predicted octanol–water partition coefficient (Wildman–Crippen LogP) is 3.86. The minimum absolute atomic E-state index is 0. The highest BCUT2D eigenvalue weighted by Crippen LogP contribution is 2.33. The zero-order valence-electron chi connectivity index (χ0n) is 16.2. The van der Waals surface area contributed by atoms with Gasteiger partial charge in [-0.3, -0.25) is 14.5 Å². The van der Waals surface area contributed by atoms with Crippen LogP contribution in [0.4, 0.5) is 4.39 Å². The van der Waals surface area contributed by atoms with Crippen LogP contribution >= 0.6 is 12.4 Å². The van der Waals surface area contributed by atoms with Crippen molar-refractivity contribution in [2.75, 3.05) is 26.2 Å². The van der Waals surface area contributed by atoms with Crippen LogP contribution in [0.5, 0.6) is 0 Å². The molecule has 3 aromatic rings. The predicted molar refractivity (Wildman–Crippen MR) is 111 cm³/mol. The average molecular weight is 430 g/mol. The maximum atomic E-state index is 13.4. The van der Waals surface area contributed by atoms with E-state index < -0.39 is 0 Å². The fourth-order valence-corrected chi connectivity index (χ4v) is 4.33. The second kappa shape index (κ2) is 8.16. The van der Waals surface area contributed by atoms with Gasteiger partial charge < -0.3 is 9.42 Å². The fraction of sp³-hybridized carbons (Fsp3) is 0.318. The molecular weight excluding hydrogens is 409 g/mol. The Morgan fingerprint density at radius 1 is 1.00 bits per heavy atom. The normalized spacial score (nSPS) is 17.4. The van der Waals surface area contributed by atoms with E-state index in [-0.39, 0.29) is 36.0 Å². The van der Waals surface area contributed by atoms with Gasteiger partial charge >= 0.3 is 0 Å². The Morgan fingerprint density at radius 2 is 1.67 bits per heavy atom. The Kier molecular flexibility index (Phi) is 5.58. The van der Waals surface area contributed by atoms with Crippen LogP contribution in [0, 0.1) is 5.82 Å². The van der Waals surface area contributed by atoms with Crippen LogP contribution in [0.25, 0.3) is 10.9 Å². The fourth-order valence-electron chi connectivity index (χ4n) is 4.33. The smallest absolute Gasteiger partial charge is 0.261 e. The first-order chi connectivity index (χ1) is 14.1. The molecule has 1 fully saturated rings.